The van der Waals surface area contributed by atoms with Crippen molar-refractivity contribution in [1.82, 2.24) is 0 Å². The van der Waals surface area contributed by atoms with Crippen LogP contribution >= 0.6 is 0 Å². The summed E-state index contributed by atoms with van der Waals surface area (Å²) in [5.74, 6) is -2.01. The van der Waals surface area contributed by atoms with Gasteiger partial charge in [0, 0.05) is 13.2 Å². The molecule has 3 nitrogen and oxygen atoms in total. The van der Waals surface area contributed by atoms with Gasteiger partial charge < -0.3 is 9.47 Å². The molecular formula is C14H16F2O3. The van der Waals surface area contributed by atoms with Crippen LogP contribution in [-0.4, -0.2) is 32.2 Å². The third-order valence-corrected chi connectivity index (χ3v) is 3.17. The Hall–Kier alpha value is -1.33. The van der Waals surface area contributed by atoms with Crippen molar-refractivity contribution in [3.63, 3.8) is 0 Å². The predicted octanol–water partition coefficient (Wildman–Crippen LogP) is 2.59. The Balaban J connectivity index is 1.84. The lowest BCUT2D eigenvalue weighted by Gasteiger charge is -2.21. The van der Waals surface area contributed by atoms with Crippen LogP contribution in [0.3, 0.4) is 0 Å². The predicted molar refractivity (Wildman–Crippen MR) is 65.1 cm³/mol. The van der Waals surface area contributed by atoms with Crippen LogP contribution < -0.4 is 0 Å². The van der Waals surface area contributed by atoms with Crippen LogP contribution in [0.5, 0.6) is 0 Å². The summed E-state index contributed by atoms with van der Waals surface area (Å²) in [7, 11) is 0. The fourth-order valence-corrected chi connectivity index (χ4v) is 2.07. The third-order valence-electron chi connectivity index (χ3n) is 3.17. The molecule has 0 aromatic heterocycles. The van der Waals surface area contributed by atoms with Gasteiger partial charge >= 0.3 is 0 Å². The van der Waals surface area contributed by atoms with Gasteiger partial charge in [0.05, 0.1) is 12.2 Å². The maximum atomic E-state index is 13.3. The molecule has 0 bridgehead atoms. The Morgan fingerprint density at radius 2 is 1.89 bits per heavy atom. The molecule has 0 N–H and O–H groups in total. The van der Waals surface area contributed by atoms with E-state index in [1.165, 1.54) is 6.07 Å². The minimum Gasteiger partial charge on any atom is -0.381 e. The van der Waals surface area contributed by atoms with Crippen molar-refractivity contribution >= 4 is 5.78 Å². The Kier molecular flexibility index (Phi) is 4.99. The van der Waals surface area contributed by atoms with E-state index in [4.69, 9.17) is 9.47 Å². The summed E-state index contributed by atoms with van der Waals surface area (Å²) in [6, 6.07) is 3.36. The van der Waals surface area contributed by atoms with Gasteiger partial charge in [-0.25, -0.2) is 8.78 Å². The molecule has 0 aliphatic carbocycles. The van der Waals surface area contributed by atoms with Gasteiger partial charge in [-0.2, -0.15) is 0 Å². The van der Waals surface area contributed by atoms with Gasteiger partial charge in [-0.15, -0.1) is 0 Å². The van der Waals surface area contributed by atoms with E-state index in [-0.39, 0.29) is 6.61 Å². The van der Waals surface area contributed by atoms with E-state index in [1.54, 1.807) is 0 Å². The van der Waals surface area contributed by atoms with Gasteiger partial charge in [-0.05, 0) is 30.9 Å². The summed E-state index contributed by atoms with van der Waals surface area (Å²) < 4.78 is 37.2. The summed E-state index contributed by atoms with van der Waals surface area (Å²) in [4.78, 5) is 11.7. The normalized spacial score (nSPS) is 16.5. The molecule has 1 aromatic rings. The van der Waals surface area contributed by atoms with Gasteiger partial charge in [0.2, 0.25) is 0 Å². The second-order valence-electron chi connectivity index (χ2n) is 4.59. The van der Waals surface area contributed by atoms with E-state index in [1.807, 2.05) is 0 Å². The summed E-state index contributed by atoms with van der Waals surface area (Å²) in [5.41, 5.74) is -0.519. The molecule has 0 radical (unpaired) electrons. The average Bonchev–Trinajstić information content (AvgIpc) is 2.40. The topological polar surface area (TPSA) is 35.5 Å². The highest BCUT2D eigenvalue weighted by Crippen LogP contribution is 2.16. The summed E-state index contributed by atoms with van der Waals surface area (Å²) >= 11 is 0. The largest absolute Gasteiger partial charge is 0.381 e. The molecule has 2 rings (SSSR count). The van der Waals surface area contributed by atoms with Crippen LogP contribution in [0.25, 0.3) is 0 Å². The number of hydrogen-bond acceptors (Lipinski definition) is 3. The lowest BCUT2D eigenvalue weighted by atomic mass is 10.0. The Morgan fingerprint density at radius 3 is 2.53 bits per heavy atom. The number of carbonyl (C=O) groups is 1. The molecule has 0 unspecified atom stereocenters. The van der Waals surface area contributed by atoms with Crippen molar-refractivity contribution in [2.24, 2.45) is 5.92 Å². The number of halogens is 2. The number of benzene rings is 1. The number of Topliss-reactive ketones (excluding diaryl/α,β-unsaturated/α-hetero) is 1. The molecule has 5 heteroatoms. The smallest absolute Gasteiger partial charge is 0.194 e. The molecule has 1 aliphatic heterocycles. The first-order chi connectivity index (χ1) is 9.18. The number of rotatable bonds is 5. The molecule has 1 aromatic carbocycles. The fourth-order valence-electron chi connectivity index (χ4n) is 2.07. The molecule has 1 saturated heterocycles. The van der Waals surface area contributed by atoms with Crippen LogP contribution in [0.1, 0.15) is 23.2 Å². The monoisotopic (exact) mass is 270 g/mol. The minimum absolute atomic E-state index is 0.296. The second-order valence-corrected chi connectivity index (χ2v) is 4.59. The lowest BCUT2D eigenvalue weighted by Crippen LogP contribution is -2.22. The number of hydrogen-bond donors (Lipinski definition) is 0. The van der Waals surface area contributed by atoms with Crippen LogP contribution in [0, 0.1) is 17.6 Å². The van der Waals surface area contributed by atoms with Crippen molar-refractivity contribution in [2.45, 2.75) is 12.8 Å². The second kappa shape index (κ2) is 6.73. The van der Waals surface area contributed by atoms with E-state index >= 15 is 0 Å². The van der Waals surface area contributed by atoms with Crippen LogP contribution in [0.2, 0.25) is 0 Å². The lowest BCUT2D eigenvalue weighted by molar-refractivity contribution is 0.0215. The molecule has 1 fully saturated rings. The molecule has 0 saturated carbocycles. The Labute approximate surface area is 110 Å². The fraction of sp³-hybridized carbons (Fsp3) is 0.500. The summed E-state index contributed by atoms with van der Waals surface area (Å²) in [6.07, 6.45) is 1.78. The molecule has 0 spiro atoms. The standard InChI is InChI=1S/C14H16F2O3/c15-11-2-1-3-12(16)14(11)13(17)9-19-8-10-4-6-18-7-5-10/h1-3,10H,4-9H2. The Morgan fingerprint density at radius 1 is 1.26 bits per heavy atom. The van der Waals surface area contributed by atoms with Crippen LogP contribution in [-0.2, 0) is 9.47 Å². The first-order valence-corrected chi connectivity index (χ1v) is 6.31. The van der Waals surface area contributed by atoms with Crippen LogP contribution in [0.15, 0.2) is 18.2 Å². The van der Waals surface area contributed by atoms with E-state index in [0.29, 0.717) is 25.7 Å². The zero-order valence-corrected chi connectivity index (χ0v) is 10.5. The highest BCUT2D eigenvalue weighted by molar-refractivity contribution is 5.97. The summed E-state index contributed by atoms with van der Waals surface area (Å²) in [5, 5.41) is 0. The Bertz CT molecular complexity index is 422. The first-order valence-electron chi connectivity index (χ1n) is 6.31. The van der Waals surface area contributed by atoms with E-state index in [0.717, 1.165) is 25.0 Å². The first kappa shape index (κ1) is 14.1. The van der Waals surface area contributed by atoms with Crippen LogP contribution in [0.4, 0.5) is 8.78 Å². The molecule has 0 atom stereocenters. The van der Waals surface area contributed by atoms with Crippen molar-refractivity contribution in [3.8, 4) is 0 Å². The molecule has 104 valence electrons. The van der Waals surface area contributed by atoms with Gasteiger partial charge in [-0.1, -0.05) is 6.07 Å². The third kappa shape index (κ3) is 3.81. The van der Waals surface area contributed by atoms with Crippen molar-refractivity contribution in [1.29, 1.82) is 0 Å². The maximum absolute atomic E-state index is 13.3. The van der Waals surface area contributed by atoms with Gasteiger partial charge in [0.25, 0.3) is 0 Å². The van der Waals surface area contributed by atoms with Gasteiger partial charge in [0.1, 0.15) is 18.2 Å². The number of carbonyl (C=O) groups excluding carboxylic acids is 1. The highest BCUT2D eigenvalue weighted by atomic mass is 19.1. The molecule has 19 heavy (non-hydrogen) atoms. The minimum atomic E-state index is -0.848. The number of ether oxygens (including phenoxy) is 2. The molecule has 1 aliphatic rings. The van der Waals surface area contributed by atoms with E-state index < -0.39 is 23.0 Å². The molecule has 1 heterocycles. The van der Waals surface area contributed by atoms with Gasteiger partial charge in [0.15, 0.2) is 5.78 Å². The zero-order valence-electron chi connectivity index (χ0n) is 10.5. The number of ketones is 1. The van der Waals surface area contributed by atoms with E-state index in [9.17, 15) is 13.6 Å². The zero-order chi connectivity index (χ0) is 13.7. The molecular weight excluding hydrogens is 254 g/mol. The van der Waals surface area contributed by atoms with E-state index in [2.05, 4.69) is 0 Å². The molecule has 0 amide bonds. The van der Waals surface area contributed by atoms with Crippen molar-refractivity contribution < 1.29 is 23.0 Å². The van der Waals surface area contributed by atoms with Crippen molar-refractivity contribution in [3.05, 3.63) is 35.4 Å². The van der Waals surface area contributed by atoms with Gasteiger partial charge in [-0.3, -0.25) is 4.79 Å². The highest BCUT2D eigenvalue weighted by Gasteiger charge is 2.18. The SMILES string of the molecule is O=C(COCC1CCOCC1)c1c(F)cccc1F. The quantitative estimate of drug-likeness (QED) is 0.771. The average molecular weight is 270 g/mol. The summed E-state index contributed by atoms with van der Waals surface area (Å²) in [6.45, 7) is 1.52. The maximum Gasteiger partial charge on any atom is 0.194 e. The van der Waals surface area contributed by atoms with Crippen molar-refractivity contribution in [2.75, 3.05) is 26.4 Å².